The number of aromatic nitrogens is 1. The average molecular weight is 675 g/mol. The number of ether oxygens (including phenoxy) is 1. The van der Waals surface area contributed by atoms with Crippen LogP contribution in [-0.4, -0.2) is 78.0 Å². The zero-order valence-corrected chi connectivity index (χ0v) is 25.1. The van der Waals surface area contributed by atoms with Crippen molar-refractivity contribution in [1.82, 2.24) is 19.7 Å². The molecule has 0 saturated carbocycles. The molecule has 15 heteroatoms. The summed E-state index contributed by atoms with van der Waals surface area (Å²) < 4.78 is 127. The Balaban J connectivity index is 1.40. The summed E-state index contributed by atoms with van der Waals surface area (Å²) in [5.74, 6) is -1.49. The van der Waals surface area contributed by atoms with Gasteiger partial charge in [0.25, 0.3) is 5.91 Å². The van der Waals surface area contributed by atoms with Crippen molar-refractivity contribution in [1.29, 1.82) is 0 Å². The Morgan fingerprint density at radius 2 is 1.53 bits per heavy atom. The number of piperazine rings is 1. The van der Waals surface area contributed by atoms with Gasteiger partial charge in [0, 0.05) is 75.7 Å². The molecule has 1 atom stereocenters. The number of methoxy groups -OCH3 is 1. The SMILES string of the molecule is COc1cc(C[C@@H]2CN(CCN3CCc4ncccc4C3)CCN2C(=O)c2cc(C(F)(F)F)cc(C(F)(F)F)c2)ccc1C(F)(F)F. The number of carbonyl (C=O) groups is 1. The first kappa shape index (κ1) is 34.5. The number of amides is 1. The van der Waals surface area contributed by atoms with Crippen molar-refractivity contribution in [3.8, 4) is 5.75 Å². The van der Waals surface area contributed by atoms with E-state index >= 15 is 0 Å². The Labute approximate surface area is 264 Å². The van der Waals surface area contributed by atoms with Crippen LogP contribution in [0, 0.1) is 0 Å². The first-order valence-corrected chi connectivity index (χ1v) is 14.7. The molecular formula is C32H31F9N4O2. The van der Waals surface area contributed by atoms with Gasteiger partial charge in [-0.05, 0) is 53.9 Å². The van der Waals surface area contributed by atoms with Gasteiger partial charge in [0.05, 0.1) is 23.8 Å². The molecule has 1 saturated heterocycles. The van der Waals surface area contributed by atoms with Gasteiger partial charge in [0.15, 0.2) is 0 Å². The second kappa shape index (κ2) is 13.3. The van der Waals surface area contributed by atoms with Crippen LogP contribution in [0.3, 0.4) is 0 Å². The minimum Gasteiger partial charge on any atom is -0.496 e. The normalized spacial score (nSPS) is 18.3. The highest BCUT2D eigenvalue weighted by atomic mass is 19.4. The number of hydrogen-bond acceptors (Lipinski definition) is 5. The van der Waals surface area contributed by atoms with Crippen molar-refractivity contribution in [2.24, 2.45) is 0 Å². The maximum Gasteiger partial charge on any atom is 0.419 e. The molecule has 0 spiro atoms. The zero-order chi connectivity index (χ0) is 34.1. The predicted octanol–water partition coefficient (Wildman–Crippen LogP) is 6.57. The smallest absolute Gasteiger partial charge is 0.419 e. The van der Waals surface area contributed by atoms with Crippen LogP contribution in [0.2, 0.25) is 0 Å². The molecule has 254 valence electrons. The van der Waals surface area contributed by atoms with E-state index in [1.807, 2.05) is 17.0 Å². The molecule has 2 aliphatic rings. The lowest BCUT2D eigenvalue weighted by atomic mass is 9.98. The van der Waals surface area contributed by atoms with E-state index in [-0.39, 0.29) is 32.1 Å². The van der Waals surface area contributed by atoms with Gasteiger partial charge in [-0.15, -0.1) is 0 Å². The minimum absolute atomic E-state index is 0.0222. The molecule has 2 aromatic carbocycles. The third-order valence-electron chi connectivity index (χ3n) is 8.48. The van der Waals surface area contributed by atoms with E-state index in [2.05, 4.69) is 9.88 Å². The van der Waals surface area contributed by atoms with Gasteiger partial charge in [0.1, 0.15) is 5.75 Å². The van der Waals surface area contributed by atoms with Gasteiger partial charge in [0.2, 0.25) is 0 Å². The zero-order valence-electron chi connectivity index (χ0n) is 25.1. The van der Waals surface area contributed by atoms with Crippen molar-refractivity contribution in [2.75, 3.05) is 46.4 Å². The standard InChI is InChI=1S/C32H31F9N4O2/c1-47-28-14-20(4-5-26(28)32(39,40)41)13-25-19-44(10-9-43-8-6-27-21(18-43)3-2-7-42-27)11-12-45(25)29(46)22-15-23(30(33,34)35)17-24(16-22)31(36,37)38/h2-5,7,14-17,25H,6,8-13,18-19H2,1H3/t25-/m1/s1. The van der Waals surface area contributed by atoms with Crippen molar-refractivity contribution in [2.45, 2.75) is 44.0 Å². The molecule has 1 amide bonds. The van der Waals surface area contributed by atoms with E-state index in [4.69, 9.17) is 4.74 Å². The molecule has 0 aliphatic carbocycles. The van der Waals surface area contributed by atoms with Crippen LogP contribution in [0.25, 0.3) is 0 Å². The van der Waals surface area contributed by atoms with Crippen LogP contribution in [0.15, 0.2) is 54.7 Å². The molecule has 2 aliphatic heterocycles. The number of hydrogen-bond donors (Lipinski definition) is 0. The Morgan fingerprint density at radius 1 is 0.851 bits per heavy atom. The third-order valence-corrected chi connectivity index (χ3v) is 8.48. The quantitative estimate of drug-likeness (QED) is 0.266. The summed E-state index contributed by atoms with van der Waals surface area (Å²) in [6.07, 6.45) is -12.5. The van der Waals surface area contributed by atoms with Crippen molar-refractivity contribution in [3.05, 3.63) is 93.8 Å². The summed E-state index contributed by atoms with van der Waals surface area (Å²) in [6, 6.07) is 7.06. The Bertz CT molecular complexity index is 1560. The molecule has 6 nitrogen and oxygen atoms in total. The number of carbonyl (C=O) groups excluding carboxylic acids is 1. The Kier molecular flexibility index (Phi) is 9.79. The van der Waals surface area contributed by atoms with Gasteiger partial charge in [-0.1, -0.05) is 12.1 Å². The average Bonchev–Trinajstić information content (AvgIpc) is 3.01. The molecule has 5 rings (SSSR count). The van der Waals surface area contributed by atoms with Crippen LogP contribution in [0.4, 0.5) is 39.5 Å². The molecule has 3 heterocycles. The fraction of sp³-hybridized carbons (Fsp3) is 0.438. The summed E-state index contributed by atoms with van der Waals surface area (Å²) >= 11 is 0. The molecule has 0 radical (unpaired) electrons. The molecule has 0 N–H and O–H groups in total. The highest BCUT2D eigenvalue weighted by molar-refractivity contribution is 5.95. The van der Waals surface area contributed by atoms with Crippen LogP contribution in [-0.2, 0) is 37.9 Å². The highest BCUT2D eigenvalue weighted by Gasteiger charge is 2.40. The van der Waals surface area contributed by atoms with Crippen LogP contribution < -0.4 is 4.74 Å². The van der Waals surface area contributed by atoms with Crippen LogP contribution in [0.1, 0.15) is 43.9 Å². The van der Waals surface area contributed by atoms with Crippen LogP contribution in [0.5, 0.6) is 5.75 Å². The second-order valence-electron chi connectivity index (χ2n) is 11.6. The number of fused-ring (bicyclic) bond motifs is 1. The van der Waals surface area contributed by atoms with E-state index in [0.717, 1.165) is 37.4 Å². The third kappa shape index (κ3) is 8.18. The van der Waals surface area contributed by atoms with Crippen LogP contribution >= 0.6 is 0 Å². The minimum atomic E-state index is -5.14. The van der Waals surface area contributed by atoms with E-state index in [1.54, 1.807) is 6.20 Å². The first-order valence-electron chi connectivity index (χ1n) is 14.7. The van der Waals surface area contributed by atoms with Crippen molar-refractivity contribution < 1.29 is 49.0 Å². The lowest BCUT2D eigenvalue weighted by Gasteiger charge is -2.42. The summed E-state index contributed by atoms with van der Waals surface area (Å²) in [7, 11) is 1.08. The van der Waals surface area contributed by atoms with Gasteiger partial charge in [-0.25, -0.2) is 0 Å². The van der Waals surface area contributed by atoms with Gasteiger partial charge >= 0.3 is 18.5 Å². The fourth-order valence-corrected chi connectivity index (χ4v) is 6.08. The first-order chi connectivity index (χ1) is 22.0. The topological polar surface area (TPSA) is 48.9 Å². The number of pyridine rings is 1. The molecule has 1 aromatic heterocycles. The molecule has 47 heavy (non-hydrogen) atoms. The Hall–Kier alpha value is -3.85. The number of nitrogens with zero attached hydrogens (tertiary/aromatic N) is 4. The fourth-order valence-electron chi connectivity index (χ4n) is 6.08. The summed E-state index contributed by atoms with van der Waals surface area (Å²) in [6.45, 7) is 3.10. The monoisotopic (exact) mass is 674 g/mol. The molecule has 0 bridgehead atoms. The lowest BCUT2D eigenvalue weighted by molar-refractivity contribution is -0.143. The number of benzene rings is 2. The van der Waals surface area contributed by atoms with Crippen molar-refractivity contribution >= 4 is 5.91 Å². The highest BCUT2D eigenvalue weighted by Crippen LogP contribution is 2.38. The summed E-state index contributed by atoms with van der Waals surface area (Å²) in [5, 5.41) is 0. The number of halogens is 9. The van der Waals surface area contributed by atoms with E-state index < -0.39 is 58.5 Å². The Morgan fingerprint density at radius 3 is 2.17 bits per heavy atom. The van der Waals surface area contributed by atoms with Gasteiger partial charge < -0.3 is 9.64 Å². The van der Waals surface area contributed by atoms with Gasteiger partial charge in [-0.3, -0.25) is 19.6 Å². The van der Waals surface area contributed by atoms with E-state index in [0.29, 0.717) is 37.3 Å². The predicted molar refractivity (Wildman–Crippen MR) is 153 cm³/mol. The maximum absolute atomic E-state index is 13.7. The number of alkyl halides is 9. The molecule has 1 fully saturated rings. The van der Waals surface area contributed by atoms with E-state index in [1.165, 1.54) is 17.0 Å². The lowest BCUT2D eigenvalue weighted by Crippen LogP contribution is -2.57. The van der Waals surface area contributed by atoms with Gasteiger partial charge in [-0.2, -0.15) is 39.5 Å². The summed E-state index contributed by atoms with van der Waals surface area (Å²) in [4.78, 5) is 23.6. The van der Waals surface area contributed by atoms with E-state index in [9.17, 15) is 44.3 Å². The summed E-state index contributed by atoms with van der Waals surface area (Å²) in [5.41, 5.74) is -2.53. The van der Waals surface area contributed by atoms with Crippen molar-refractivity contribution in [3.63, 3.8) is 0 Å². The maximum atomic E-state index is 13.7. The largest absolute Gasteiger partial charge is 0.496 e. The molecule has 3 aromatic rings. The molecule has 0 unspecified atom stereocenters. The molecular weight excluding hydrogens is 643 g/mol. The number of rotatable bonds is 7. The second-order valence-corrected chi connectivity index (χ2v) is 11.6.